The summed E-state index contributed by atoms with van der Waals surface area (Å²) >= 11 is 0. The van der Waals surface area contributed by atoms with Crippen molar-refractivity contribution in [3.8, 4) is 0 Å². The van der Waals surface area contributed by atoms with Crippen LogP contribution in [0.2, 0.25) is 0 Å². The van der Waals surface area contributed by atoms with Gasteiger partial charge in [0.1, 0.15) is 11.6 Å². The van der Waals surface area contributed by atoms with Gasteiger partial charge in [0, 0.05) is 30.2 Å². The van der Waals surface area contributed by atoms with Crippen LogP contribution in [0.3, 0.4) is 0 Å². The summed E-state index contributed by atoms with van der Waals surface area (Å²) in [5.74, 6) is -0.156. The van der Waals surface area contributed by atoms with E-state index >= 15 is 0 Å². The first-order valence-electron chi connectivity index (χ1n) is 5.44. The molecule has 2 nitrogen and oxygen atoms in total. The van der Waals surface area contributed by atoms with Crippen LogP contribution in [0, 0.1) is 5.92 Å². The molecule has 3 rings (SSSR count). The summed E-state index contributed by atoms with van der Waals surface area (Å²) in [5.41, 5.74) is 3.56. The van der Waals surface area contributed by atoms with Crippen LogP contribution in [0.25, 0.3) is 0 Å². The van der Waals surface area contributed by atoms with Crippen molar-refractivity contribution in [2.45, 2.75) is 19.3 Å². The summed E-state index contributed by atoms with van der Waals surface area (Å²) in [4.78, 5) is 11.4. The Morgan fingerprint density at radius 3 is 3.00 bits per heavy atom. The standard InChI is InChI=1S/C13H12FNO/c1-7-10(14)3-5-12-13(7)9-6-8(16)2-4-11(9)15-12/h3,5,13,15H,1-2,4,6H2. The number of allylic oxidation sites excluding steroid dienone is 5. The molecule has 0 radical (unpaired) electrons. The smallest absolute Gasteiger partial charge is 0.137 e. The molecule has 0 aromatic rings. The highest BCUT2D eigenvalue weighted by atomic mass is 19.1. The second-order valence-electron chi connectivity index (χ2n) is 4.44. The minimum Gasteiger partial charge on any atom is -0.361 e. The summed E-state index contributed by atoms with van der Waals surface area (Å²) in [6.45, 7) is 3.78. The average molecular weight is 217 g/mol. The van der Waals surface area contributed by atoms with Crippen molar-refractivity contribution < 1.29 is 9.18 Å². The number of nitrogens with one attached hydrogen (secondary N) is 1. The number of rotatable bonds is 0. The molecule has 3 aliphatic rings. The van der Waals surface area contributed by atoms with E-state index < -0.39 is 0 Å². The minimum absolute atomic E-state index is 0.121. The van der Waals surface area contributed by atoms with Crippen LogP contribution in [0.4, 0.5) is 4.39 Å². The van der Waals surface area contributed by atoms with E-state index in [4.69, 9.17) is 0 Å². The predicted molar refractivity (Wildman–Crippen MR) is 58.9 cm³/mol. The van der Waals surface area contributed by atoms with Gasteiger partial charge in [0.05, 0.1) is 0 Å². The molecule has 0 aromatic carbocycles. The Hall–Kier alpha value is -1.64. The molecule has 3 heteroatoms. The Morgan fingerprint density at radius 2 is 2.19 bits per heavy atom. The molecule has 16 heavy (non-hydrogen) atoms. The summed E-state index contributed by atoms with van der Waals surface area (Å²) in [6.07, 6.45) is 4.96. The van der Waals surface area contributed by atoms with E-state index in [1.165, 1.54) is 6.08 Å². The Balaban J connectivity index is 2.04. The maximum Gasteiger partial charge on any atom is 0.137 e. The highest BCUT2D eigenvalue weighted by Crippen LogP contribution is 2.44. The van der Waals surface area contributed by atoms with Crippen LogP contribution < -0.4 is 5.32 Å². The van der Waals surface area contributed by atoms with E-state index in [9.17, 15) is 9.18 Å². The SMILES string of the molecule is C=C1C(F)=CC=C2NC3=C(CC(=O)CC3)C12. The molecule has 1 aliphatic heterocycles. The molecule has 0 amide bonds. The quantitative estimate of drug-likeness (QED) is 0.675. The lowest BCUT2D eigenvalue weighted by Gasteiger charge is -2.21. The zero-order valence-corrected chi connectivity index (χ0v) is 8.85. The van der Waals surface area contributed by atoms with E-state index in [0.29, 0.717) is 18.4 Å². The van der Waals surface area contributed by atoms with E-state index in [1.54, 1.807) is 6.08 Å². The summed E-state index contributed by atoms with van der Waals surface area (Å²) in [5, 5.41) is 3.28. The van der Waals surface area contributed by atoms with E-state index in [-0.39, 0.29) is 17.5 Å². The van der Waals surface area contributed by atoms with Gasteiger partial charge in [-0.15, -0.1) is 0 Å². The first-order chi connectivity index (χ1) is 7.66. The lowest BCUT2D eigenvalue weighted by atomic mass is 9.82. The second kappa shape index (κ2) is 3.17. The Morgan fingerprint density at radius 1 is 1.38 bits per heavy atom. The molecule has 1 heterocycles. The van der Waals surface area contributed by atoms with Crippen molar-refractivity contribution in [3.05, 3.63) is 47.1 Å². The third-order valence-electron chi connectivity index (χ3n) is 3.45. The highest BCUT2D eigenvalue weighted by Gasteiger charge is 2.37. The minimum atomic E-state index is -0.276. The first kappa shape index (κ1) is 9.58. The fourth-order valence-electron chi connectivity index (χ4n) is 2.63. The predicted octanol–water partition coefficient (Wildman–Crippen LogP) is 2.52. The fraction of sp³-hybridized carbons (Fsp3) is 0.308. The van der Waals surface area contributed by atoms with Gasteiger partial charge in [0.15, 0.2) is 0 Å². The molecule has 0 aromatic heterocycles. The van der Waals surface area contributed by atoms with Crippen molar-refractivity contribution >= 4 is 5.78 Å². The van der Waals surface area contributed by atoms with Gasteiger partial charge in [-0.3, -0.25) is 4.79 Å². The van der Waals surface area contributed by atoms with Crippen LogP contribution in [0.1, 0.15) is 19.3 Å². The Labute approximate surface area is 93.2 Å². The fourth-order valence-corrected chi connectivity index (χ4v) is 2.63. The van der Waals surface area contributed by atoms with E-state index in [0.717, 1.165) is 23.4 Å². The number of Topliss-reactive ketones (excluding diaryl/α,β-unsaturated/α-hetero) is 1. The van der Waals surface area contributed by atoms with Crippen LogP contribution >= 0.6 is 0 Å². The molecular formula is C13H12FNO. The number of carbonyl (C=O) groups excluding carboxylic acids is 1. The van der Waals surface area contributed by atoms with Crippen molar-refractivity contribution in [1.82, 2.24) is 5.32 Å². The normalized spacial score (nSPS) is 28.2. The summed E-state index contributed by atoms with van der Waals surface area (Å²) in [6, 6.07) is 0. The second-order valence-corrected chi connectivity index (χ2v) is 4.44. The van der Waals surface area contributed by atoms with Crippen LogP contribution in [-0.2, 0) is 4.79 Å². The number of fused-ring (bicyclic) bond motifs is 2. The van der Waals surface area contributed by atoms with Gasteiger partial charge >= 0.3 is 0 Å². The highest BCUT2D eigenvalue weighted by molar-refractivity contribution is 5.84. The van der Waals surface area contributed by atoms with Crippen LogP contribution in [-0.4, -0.2) is 5.78 Å². The molecule has 0 bridgehead atoms. The van der Waals surface area contributed by atoms with Crippen molar-refractivity contribution in [1.29, 1.82) is 0 Å². The Bertz CT molecular complexity index is 496. The molecule has 0 saturated heterocycles. The topological polar surface area (TPSA) is 29.1 Å². The molecule has 0 spiro atoms. The van der Waals surface area contributed by atoms with Gasteiger partial charge in [-0.25, -0.2) is 4.39 Å². The first-order valence-corrected chi connectivity index (χ1v) is 5.44. The molecular weight excluding hydrogens is 205 g/mol. The number of ketones is 1. The maximum absolute atomic E-state index is 13.5. The lowest BCUT2D eigenvalue weighted by Crippen LogP contribution is -2.14. The number of halogens is 1. The van der Waals surface area contributed by atoms with Gasteiger partial charge in [-0.2, -0.15) is 0 Å². The molecule has 82 valence electrons. The molecule has 1 N–H and O–H groups in total. The van der Waals surface area contributed by atoms with Crippen molar-refractivity contribution in [3.63, 3.8) is 0 Å². The zero-order valence-electron chi connectivity index (χ0n) is 8.85. The zero-order chi connectivity index (χ0) is 11.3. The number of hydrogen-bond acceptors (Lipinski definition) is 2. The largest absolute Gasteiger partial charge is 0.361 e. The molecule has 0 fully saturated rings. The van der Waals surface area contributed by atoms with Gasteiger partial charge in [-0.05, 0) is 29.7 Å². The molecule has 1 unspecified atom stereocenters. The van der Waals surface area contributed by atoms with Gasteiger partial charge < -0.3 is 5.32 Å². The summed E-state index contributed by atoms with van der Waals surface area (Å²) < 4.78 is 13.5. The van der Waals surface area contributed by atoms with Gasteiger partial charge in [0.2, 0.25) is 0 Å². The monoisotopic (exact) mass is 217 g/mol. The third kappa shape index (κ3) is 1.21. The molecule has 1 atom stereocenters. The lowest BCUT2D eigenvalue weighted by molar-refractivity contribution is -0.118. The summed E-state index contributed by atoms with van der Waals surface area (Å²) in [7, 11) is 0. The number of carbonyl (C=O) groups is 1. The molecule has 2 aliphatic carbocycles. The van der Waals surface area contributed by atoms with E-state index in [2.05, 4.69) is 11.9 Å². The molecule has 0 saturated carbocycles. The van der Waals surface area contributed by atoms with Crippen LogP contribution in [0.15, 0.2) is 47.1 Å². The van der Waals surface area contributed by atoms with Crippen LogP contribution in [0.5, 0.6) is 0 Å². The Kier molecular flexibility index (Phi) is 1.90. The average Bonchev–Trinajstić information content (AvgIpc) is 2.62. The van der Waals surface area contributed by atoms with Crippen molar-refractivity contribution in [2.24, 2.45) is 5.92 Å². The van der Waals surface area contributed by atoms with Gasteiger partial charge in [-0.1, -0.05) is 6.58 Å². The number of hydrogen-bond donors (Lipinski definition) is 1. The third-order valence-corrected chi connectivity index (χ3v) is 3.45. The maximum atomic E-state index is 13.5. The van der Waals surface area contributed by atoms with Crippen molar-refractivity contribution in [2.75, 3.05) is 0 Å². The van der Waals surface area contributed by atoms with Gasteiger partial charge in [0.25, 0.3) is 0 Å². The van der Waals surface area contributed by atoms with E-state index in [1.807, 2.05) is 0 Å².